The molecule has 1 aliphatic heterocycles. The monoisotopic (exact) mass is 581 g/mol. The summed E-state index contributed by atoms with van der Waals surface area (Å²) in [6, 6.07) is 14.0. The fourth-order valence-electron chi connectivity index (χ4n) is 4.41. The van der Waals surface area contributed by atoms with Gasteiger partial charge in [-0.25, -0.2) is 14.8 Å². The number of hydrogen-bond donors (Lipinski definition) is 1. The minimum absolute atomic E-state index is 0.00233. The lowest BCUT2D eigenvalue weighted by atomic mass is 9.77. The highest BCUT2D eigenvalue weighted by Crippen LogP contribution is 2.38. The summed E-state index contributed by atoms with van der Waals surface area (Å²) in [4.78, 5) is 23.0. The van der Waals surface area contributed by atoms with Crippen molar-refractivity contribution >= 4 is 35.2 Å². The molecular formula is C30H33Cl2N5O3. The quantitative estimate of drug-likeness (QED) is 0.310. The van der Waals surface area contributed by atoms with Crippen LogP contribution in [0.1, 0.15) is 51.3 Å². The van der Waals surface area contributed by atoms with Crippen molar-refractivity contribution in [1.29, 1.82) is 5.26 Å². The number of ether oxygens (including phenoxy) is 2. The van der Waals surface area contributed by atoms with E-state index in [2.05, 4.69) is 47.3 Å². The lowest BCUT2D eigenvalue weighted by Gasteiger charge is -2.39. The zero-order chi connectivity index (χ0) is 29.1. The molecule has 1 aromatic heterocycles. The van der Waals surface area contributed by atoms with Crippen molar-refractivity contribution in [2.75, 3.05) is 30.5 Å². The fraction of sp³-hybridized carbons (Fsp3) is 0.400. The molecule has 0 saturated carbocycles. The zero-order valence-electron chi connectivity index (χ0n) is 23.3. The Labute approximate surface area is 245 Å². The summed E-state index contributed by atoms with van der Waals surface area (Å²) < 4.78 is 10.9. The van der Waals surface area contributed by atoms with Gasteiger partial charge in [0.2, 0.25) is 5.95 Å². The molecule has 2 heterocycles. The van der Waals surface area contributed by atoms with E-state index in [0.717, 1.165) is 22.3 Å². The van der Waals surface area contributed by atoms with Crippen LogP contribution in [0.2, 0.25) is 5.02 Å². The zero-order valence-corrected chi connectivity index (χ0v) is 24.8. The second-order valence-corrected chi connectivity index (χ2v) is 12.0. The van der Waals surface area contributed by atoms with Gasteiger partial charge >= 0.3 is 6.09 Å². The fourth-order valence-corrected chi connectivity index (χ4v) is 4.76. The average molecular weight is 583 g/mol. The molecule has 1 N–H and O–H groups in total. The van der Waals surface area contributed by atoms with Gasteiger partial charge in [-0.3, -0.25) is 0 Å². The van der Waals surface area contributed by atoms with Crippen LogP contribution in [0.15, 0.2) is 48.8 Å². The predicted molar refractivity (Wildman–Crippen MR) is 157 cm³/mol. The largest absolute Gasteiger partial charge is 0.489 e. The van der Waals surface area contributed by atoms with Crippen LogP contribution in [0, 0.1) is 11.3 Å². The molecule has 0 bridgehead atoms. The van der Waals surface area contributed by atoms with Crippen LogP contribution in [0.4, 0.5) is 10.7 Å². The summed E-state index contributed by atoms with van der Waals surface area (Å²) in [7, 11) is 0. The Bertz CT molecular complexity index is 1390. The first-order valence-corrected chi connectivity index (χ1v) is 13.9. The third-order valence-electron chi connectivity index (χ3n) is 6.67. The summed E-state index contributed by atoms with van der Waals surface area (Å²) in [6.45, 7) is 11.2. The van der Waals surface area contributed by atoms with Crippen molar-refractivity contribution < 1.29 is 14.3 Å². The summed E-state index contributed by atoms with van der Waals surface area (Å²) in [6.07, 6.45) is 3.19. The first-order valence-electron chi connectivity index (χ1n) is 13.0. The number of rotatable bonds is 8. The number of alkyl halides is 1. The highest BCUT2D eigenvalue weighted by molar-refractivity contribution is 6.32. The summed E-state index contributed by atoms with van der Waals surface area (Å²) in [5.41, 5.74) is 3.28. The lowest BCUT2D eigenvalue weighted by Crippen LogP contribution is -2.60. The van der Waals surface area contributed by atoms with Crippen molar-refractivity contribution in [1.82, 2.24) is 15.3 Å². The molecule has 0 spiro atoms. The molecule has 210 valence electrons. The molecule has 1 fully saturated rings. The first kappa shape index (κ1) is 29.4. The third-order valence-corrected chi connectivity index (χ3v) is 7.11. The molecular weight excluding hydrogens is 549 g/mol. The molecule has 0 unspecified atom stereocenters. The van der Waals surface area contributed by atoms with Gasteiger partial charge in [0.1, 0.15) is 18.3 Å². The number of carbonyl (C=O) groups is 1. The average Bonchev–Trinajstić information content (AvgIpc) is 2.88. The molecule has 1 aliphatic rings. The van der Waals surface area contributed by atoms with Crippen molar-refractivity contribution in [3.05, 3.63) is 70.5 Å². The van der Waals surface area contributed by atoms with E-state index in [1.165, 1.54) is 0 Å². The smallest absolute Gasteiger partial charge is 0.407 e. The van der Waals surface area contributed by atoms with Crippen LogP contribution < -0.4 is 15.0 Å². The maximum absolute atomic E-state index is 12.0. The Morgan fingerprint density at radius 2 is 1.73 bits per heavy atom. The van der Waals surface area contributed by atoms with Gasteiger partial charge in [0.05, 0.1) is 22.5 Å². The Morgan fingerprint density at radius 3 is 2.30 bits per heavy atom. The molecule has 1 saturated heterocycles. The van der Waals surface area contributed by atoms with Crippen molar-refractivity contribution in [3.63, 3.8) is 0 Å². The Morgan fingerprint density at radius 1 is 1.07 bits per heavy atom. The number of nitriles is 1. The number of halogens is 2. The van der Waals surface area contributed by atoms with E-state index in [4.69, 9.17) is 32.7 Å². The molecule has 10 heteroatoms. The van der Waals surface area contributed by atoms with Crippen molar-refractivity contribution in [3.8, 4) is 22.9 Å². The maximum atomic E-state index is 12.0. The number of anilines is 1. The van der Waals surface area contributed by atoms with Crippen molar-refractivity contribution in [2.24, 2.45) is 0 Å². The minimum Gasteiger partial charge on any atom is -0.489 e. The molecule has 4 rings (SSSR count). The maximum Gasteiger partial charge on any atom is 0.407 e. The van der Waals surface area contributed by atoms with Gasteiger partial charge in [0.15, 0.2) is 5.75 Å². The number of amides is 1. The van der Waals surface area contributed by atoms with Crippen LogP contribution in [-0.4, -0.2) is 53.3 Å². The van der Waals surface area contributed by atoms with Gasteiger partial charge < -0.3 is 19.7 Å². The number of nitrogens with one attached hydrogen (secondary N) is 1. The van der Waals surface area contributed by atoms with E-state index in [0.29, 0.717) is 41.3 Å². The predicted octanol–water partition coefficient (Wildman–Crippen LogP) is 6.33. The van der Waals surface area contributed by atoms with Crippen LogP contribution in [0.25, 0.3) is 11.1 Å². The van der Waals surface area contributed by atoms with Crippen LogP contribution in [0.5, 0.6) is 5.75 Å². The number of alkyl carbamates (subject to hydrolysis) is 1. The van der Waals surface area contributed by atoms with E-state index in [9.17, 15) is 10.1 Å². The Hall–Kier alpha value is -3.54. The molecule has 40 heavy (non-hydrogen) atoms. The van der Waals surface area contributed by atoms with Crippen molar-refractivity contribution in [2.45, 2.75) is 51.7 Å². The number of nitrogens with zero attached hydrogens (tertiary/aromatic N) is 4. The molecule has 0 aliphatic carbocycles. The second kappa shape index (κ2) is 11.9. The van der Waals surface area contributed by atoms with Gasteiger partial charge in [-0.1, -0.05) is 49.7 Å². The van der Waals surface area contributed by atoms with Crippen LogP contribution in [-0.2, 0) is 10.2 Å². The van der Waals surface area contributed by atoms with Gasteiger partial charge in [-0.05, 0) is 49.6 Å². The van der Waals surface area contributed by atoms with E-state index in [-0.39, 0.29) is 12.6 Å². The van der Waals surface area contributed by atoms with Gasteiger partial charge in [-0.15, -0.1) is 11.6 Å². The molecule has 0 atom stereocenters. The number of benzene rings is 2. The molecule has 1 amide bonds. The SMILES string of the molecule is CC(C)(C)OC(=O)NC1CN(c2ncc(-c3ccc(C(C)(C)c4cc(Cl)c(OCCCl)c(C#N)c4)cc3)cn2)C1. The van der Waals surface area contributed by atoms with Gasteiger partial charge in [0.25, 0.3) is 0 Å². The number of hydrogen-bond acceptors (Lipinski definition) is 7. The Balaban J connectivity index is 1.42. The topological polar surface area (TPSA) is 100 Å². The minimum atomic E-state index is -0.527. The Kier molecular flexibility index (Phi) is 8.77. The number of aromatic nitrogens is 2. The molecule has 2 aromatic carbocycles. The van der Waals surface area contributed by atoms with E-state index < -0.39 is 17.1 Å². The van der Waals surface area contributed by atoms with E-state index in [1.807, 2.05) is 49.9 Å². The normalized spacial score (nSPS) is 13.8. The number of carbonyl (C=O) groups excluding carboxylic acids is 1. The lowest BCUT2D eigenvalue weighted by molar-refractivity contribution is 0.0495. The highest BCUT2D eigenvalue weighted by atomic mass is 35.5. The first-order chi connectivity index (χ1) is 18.9. The summed E-state index contributed by atoms with van der Waals surface area (Å²) in [5.74, 6) is 1.28. The van der Waals surface area contributed by atoms with Gasteiger partial charge in [-0.2, -0.15) is 5.26 Å². The van der Waals surface area contributed by atoms with Crippen LogP contribution >= 0.6 is 23.2 Å². The molecule has 8 nitrogen and oxygen atoms in total. The van der Waals surface area contributed by atoms with E-state index >= 15 is 0 Å². The third kappa shape index (κ3) is 6.78. The summed E-state index contributed by atoms with van der Waals surface area (Å²) in [5, 5.41) is 12.9. The highest BCUT2D eigenvalue weighted by Gasteiger charge is 2.31. The van der Waals surface area contributed by atoms with Crippen LogP contribution in [0.3, 0.4) is 0 Å². The second-order valence-electron chi connectivity index (χ2n) is 11.2. The standard InChI is InChI=1S/C30H33Cl2N5O3/c1-29(2,3)40-28(38)36-24-17-37(18-24)27-34-15-21(16-35-27)19-6-8-22(9-7-19)30(4,5)23-12-20(14-33)26(25(32)13-23)39-11-10-31/h6-9,12-13,15-16,24H,10-11,17-18H2,1-5H3,(H,36,38). The molecule has 0 radical (unpaired) electrons. The van der Waals surface area contributed by atoms with Gasteiger partial charge in [0, 0.05) is 36.5 Å². The summed E-state index contributed by atoms with van der Waals surface area (Å²) >= 11 is 12.2. The van der Waals surface area contributed by atoms with E-state index in [1.54, 1.807) is 12.4 Å². The molecule has 3 aromatic rings.